The van der Waals surface area contributed by atoms with Gasteiger partial charge in [-0.2, -0.15) is 4.98 Å². The van der Waals surface area contributed by atoms with Crippen molar-refractivity contribution in [1.29, 1.82) is 0 Å². The molecule has 3 aromatic rings. The van der Waals surface area contributed by atoms with Crippen LogP contribution in [0.3, 0.4) is 0 Å². The molecule has 0 unspecified atom stereocenters. The summed E-state index contributed by atoms with van der Waals surface area (Å²) in [5.74, 6) is 2.17. The fourth-order valence-electron chi connectivity index (χ4n) is 4.21. The molecule has 10 heteroatoms. The second-order valence-electron chi connectivity index (χ2n) is 7.94. The van der Waals surface area contributed by atoms with E-state index in [9.17, 15) is 9.59 Å². The lowest BCUT2D eigenvalue weighted by Crippen LogP contribution is -2.41. The van der Waals surface area contributed by atoms with Crippen molar-refractivity contribution in [2.75, 3.05) is 38.9 Å². The molecule has 172 valence electrons. The summed E-state index contributed by atoms with van der Waals surface area (Å²) in [6.07, 6.45) is 0. The first-order chi connectivity index (χ1) is 15.4. The third-order valence-corrected chi connectivity index (χ3v) is 5.78. The van der Waals surface area contributed by atoms with Gasteiger partial charge in [0.25, 0.3) is 5.56 Å². The summed E-state index contributed by atoms with van der Waals surface area (Å²) in [5, 5.41) is 0. The molecule has 0 bridgehead atoms. The second-order valence-corrected chi connectivity index (χ2v) is 7.94. The lowest BCUT2D eigenvalue weighted by molar-refractivity contribution is 0.137. The lowest BCUT2D eigenvalue weighted by atomic mass is 10.1. The maximum Gasteiger partial charge on any atom is 0.332 e. The van der Waals surface area contributed by atoms with Crippen LogP contribution in [0.25, 0.3) is 11.2 Å². The Morgan fingerprint density at radius 1 is 1.16 bits per heavy atom. The van der Waals surface area contributed by atoms with Crippen molar-refractivity contribution >= 4 is 22.8 Å². The molecule has 0 amide bonds. The highest BCUT2D eigenvalue weighted by molar-refractivity contribution is 5.78. The van der Waals surface area contributed by atoms with Gasteiger partial charge in [0.15, 0.2) is 11.2 Å². The first kappa shape index (κ1) is 21.9. The van der Waals surface area contributed by atoms with E-state index in [1.54, 1.807) is 21.3 Å². The maximum absolute atomic E-state index is 13.4. The summed E-state index contributed by atoms with van der Waals surface area (Å²) < 4.78 is 20.9. The Labute approximate surface area is 185 Å². The summed E-state index contributed by atoms with van der Waals surface area (Å²) in [6.45, 7) is 6.33. The van der Waals surface area contributed by atoms with Crippen molar-refractivity contribution in [3.63, 3.8) is 0 Å². The second kappa shape index (κ2) is 8.70. The highest BCUT2D eigenvalue weighted by atomic mass is 16.5. The van der Waals surface area contributed by atoms with Crippen LogP contribution in [0.1, 0.15) is 13.8 Å². The van der Waals surface area contributed by atoms with E-state index in [1.165, 1.54) is 9.13 Å². The van der Waals surface area contributed by atoms with Crippen LogP contribution >= 0.6 is 0 Å². The third kappa shape index (κ3) is 3.54. The van der Waals surface area contributed by atoms with Crippen LogP contribution < -0.4 is 25.6 Å². The number of aromatic nitrogens is 4. The van der Waals surface area contributed by atoms with Crippen molar-refractivity contribution in [2.45, 2.75) is 26.9 Å². The van der Waals surface area contributed by atoms with Gasteiger partial charge in [0.1, 0.15) is 11.5 Å². The van der Waals surface area contributed by atoms with E-state index >= 15 is 0 Å². The Balaban J connectivity index is 1.92. The van der Waals surface area contributed by atoms with Crippen LogP contribution in [0.4, 0.5) is 11.6 Å². The summed E-state index contributed by atoms with van der Waals surface area (Å²) in [5.41, 5.74) is 0.853. The van der Waals surface area contributed by atoms with Gasteiger partial charge in [-0.25, -0.2) is 4.79 Å². The van der Waals surface area contributed by atoms with Crippen LogP contribution in [0.2, 0.25) is 0 Å². The van der Waals surface area contributed by atoms with Crippen molar-refractivity contribution in [1.82, 2.24) is 18.7 Å². The number of benzene rings is 1. The molecule has 4 rings (SSSR count). The van der Waals surface area contributed by atoms with Gasteiger partial charge in [0.2, 0.25) is 5.95 Å². The SMILES string of the molecule is CCOCCn1c(=O)c2c(nc3n2C[C@H](C)CN3c2ccc(OC)cc2OC)n(C)c1=O. The van der Waals surface area contributed by atoms with Crippen LogP contribution in [0, 0.1) is 5.92 Å². The molecule has 0 fully saturated rings. The molecule has 1 aliphatic rings. The van der Waals surface area contributed by atoms with E-state index in [1.807, 2.05) is 34.6 Å². The zero-order chi connectivity index (χ0) is 23.0. The first-order valence-corrected chi connectivity index (χ1v) is 10.7. The number of imidazole rings is 1. The molecule has 1 aromatic carbocycles. The molecule has 32 heavy (non-hydrogen) atoms. The average molecular weight is 444 g/mol. The standard InChI is InChI=1S/C22H29N5O5/c1-6-32-10-9-25-20(28)18-19(24(3)22(25)29)23-21-26(12-14(2)13-27(18)21)16-8-7-15(30-4)11-17(16)31-5/h7-8,11,14H,6,9-10,12-13H2,1-5H3/t14-/m1/s1. The highest BCUT2D eigenvalue weighted by Crippen LogP contribution is 2.39. The number of hydrogen-bond acceptors (Lipinski definition) is 7. The zero-order valence-corrected chi connectivity index (χ0v) is 19.1. The van der Waals surface area contributed by atoms with Gasteiger partial charge in [0, 0.05) is 32.8 Å². The molecule has 0 saturated carbocycles. The highest BCUT2D eigenvalue weighted by Gasteiger charge is 2.31. The van der Waals surface area contributed by atoms with Crippen molar-refractivity contribution in [3.8, 4) is 11.5 Å². The molecule has 0 radical (unpaired) electrons. The number of methoxy groups -OCH3 is 2. The van der Waals surface area contributed by atoms with E-state index in [4.69, 9.17) is 19.2 Å². The maximum atomic E-state index is 13.4. The zero-order valence-electron chi connectivity index (χ0n) is 19.1. The minimum absolute atomic E-state index is 0.196. The van der Waals surface area contributed by atoms with Gasteiger partial charge >= 0.3 is 5.69 Å². The molecule has 2 aromatic heterocycles. The normalized spacial score (nSPS) is 15.8. The Bertz CT molecular complexity index is 1260. The van der Waals surface area contributed by atoms with Gasteiger partial charge in [-0.1, -0.05) is 6.92 Å². The smallest absolute Gasteiger partial charge is 0.332 e. The predicted octanol–water partition coefficient (Wildman–Crippen LogP) is 1.74. The number of aryl methyl sites for hydroxylation is 1. The number of ether oxygens (including phenoxy) is 3. The summed E-state index contributed by atoms with van der Waals surface area (Å²) in [4.78, 5) is 33.0. The number of fused-ring (bicyclic) bond motifs is 3. The molecular weight excluding hydrogens is 414 g/mol. The average Bonchev–Trinajstić information content (AvgIpc) is 3.18. The fourth-order valence-corrected chi connectivity index (χ4v) is 4.21. The van der Waals surface area contributed by atoms with Crippen LogP contribution in [0.5, 0.6) is 11.5 Å². The molecule has 10 nitrogen and oxygen atoms in total. The van der Waals surface area contributed by atoms with E-state index in [0.717, 1.165) is 5.69 Å². The Morgan fingerprint density at radius 3 is 2.62 bits per heavy atom. The monoisotopic (exact) mass is 443 g/mol. The van der Waals surface area contributed by atoms with Crippen molar-refractivity contribution < 1.29 is 14.2 Å². The largest absolute Gasteiger partial charge is 0.497 e. The molecule has 0 saturated heterocycles. The molecule has 1 atom stereocenters. The molecule has 3 heterocycles. The van der Waals surface area contributed by atoms with E-state index in [0.29, 0.717) is 54.9 Å². The predicted molar refractivity (Wildman–Crippen MR) is 121 cm³/mol. The molecule has 1 aliphatic heterocycles. The number of nitrogens with zero attached hydrogens (tertiary/aromatic N) is 5. The van der Waals surface area contributed by atoms with E-state index in [-0.39, 0.29) is 18.0 Å². The lowest BCUT2D eigenvalue weighted by Gasteiger charge is -2.33. The molecule has 0 N–H and O–H groups in total. The van der Waals surface area contributed by atoms with E-state index in [2.05, 4.69) is 6.92 Å². The van der Waals surface area contributed by atoms with Gasteiger partial charge in [0.05, 0.1) is 33.1 Å². The Morgan fingerprint density at radius 2 is 1.94 bits per heavy atom. The molecule has 0 aliphatic carbocycles. The first-order valence-electron chi connectivity index (χ1n) is 10.7. The fraction of sp³-hybridized carbons (Fsp3) is 0.500. The van der Waals surface area contributed by atoms with Crippen molar-refractivity contribution in [3.05, 3.63) is 39.0 Å². The summed E-state index contributed by atoms with van der Waals surface area (Å²) >= 11 is 0. The van der Waals surface area contributed by atoms with Crippen molar-refractivity contribution in [2.24, 2.45) is 13.0 Å². The number of anilines is 2. The Kier molecular flexibility index (Phi) is 5.96. The molecule has 0 spiro atoms. The van der Waals surface area contributed by atoms with Gasteiger partial charge in [-0.05, 0) is 25.0 Å². The van der Waals surface area contributed by atoms with Gasteiger partial charge < -0.3 is 23.7 Å². The Hall–Kier alpha value is -3.27. The minimum atomic E-state index is -0.403. The summed E-state index contributed by atoms with van der Waals surface area (Å²) in [6, 6.07) is 5.59. The van der Waals surface area contributed by atoms with Crippen LogP contribution in [0.15, 0.2) is 27.8 Å². The quantitative estimate of drug-likeness (QED) is 0.514. The van der Waals surface area contributed by atoms with Gasteiger partial charge in [-0.3, -0.25) is 13.9 Å². The number of hydrogen-bond donors (Lipinski definition) is 0. The topological polar surface area (TPSA) is 92.8 Å². The van der Waals surface area contributed by atoms with Gasteiger partial charge in [-0.15, -0.1) is 0 Å². The van der Waals surface area contributed by atoms with E-state index < -0.39 is 5.69 Å². The minimum Gasteiger partial charge on any atom is -0.497 e. The number of rotatable bonds is 7. The van der Waals surface area contributed by atoms with Crippen LogP contribution in [-0.2, 0) is 24.9 Å². The molecular formula is C22H29N5O5. The summed E-state index contributed by atoms with van der Waals surface area (Å²) in [7, 11) is 4.85. The third-order valence-electron chi connectivity index (χ3n) is 5.78. The van der Waals surface area contributed by atoms with Crippen LogP contribution in [-0.4, -0.2) is 52.7 Å².